The van der Waals surface area contributed by atoms with Crippen LogP contribution in [0.2, 0.25) is 0 Å². The first-order valence-corrected chi connectivity index (χ1v) is 5.14. The number of guanidine groups is 1. The second kappa shape index (κ2) is 9.05. The molecule has 0 aliphatic heterocycles. The van der Waals surface area contributed by atoms with Crippen LogP contribution in [0, 0.1) is 0 Å². The number of likely N-dealkylation sites (N-methyl/N-ethyl adjacent to an activating group) is 1. The van der Waals surface area contributed by atoms with Gasteiger partial charge in [-0.3, -0.25) is 4.79 Å². The molecule has 0 radical (unpaired) electrons. The Balaban J connectivity index is 4.02. The fraction of sp³-hybridized carbons (Fsp3) is 0.600. The first-order chi connectivity index (χ1) is 7.24. The average Bonchev–Trinajstić information content (AvgIpc) is 2.22. The van der Waals surface area contributed by atoms with Crippen LogP contribution in [-0.4, -0.2) is 38.0 Å². The number of aliphatic imine (C=N–C) groups is 1. The molecule has 1 amide bonds. The van der Waals surface area contributed by atoms with E-state index in [1.165, 1.54) is 0 Å². The summed E-state index contributed by atoms with van der Waals surface area (Å²) in [5.74, 6) is 0.553. The van der Waals surface area contributed by atoms with Crippen LogP contribution in [0.5, 0.6) is 0 Å². The van der Waals surface area contributed by atoms with E-state index in [1.807, 2.05) is 13.8 Å². The summed E-state index contributed by atoms with van der Waals surface area (Å²) >= 11 is 0. The molecule has 86 valence electrons. The quantitative estimate of drug-likeness (QED) is 0.326. The highest BCUT2D eigenvalue weighted by atomic mass is 16.1. The summed E-state index contributed by atoms with van der Waals surface area (Å²) in [6.45, 7) is 9.60. The Bertz CT molecular complexity index is 225. The van der Waals surface area contributed by atoms with Gasteiger partial charge < -0.3 is 16.0 Å². The van der Waals surface area contributed by atoms with Crippen molar-refractivity contribution in [3.63, 3.8) is 0 Å². The van der Waals surface area contributed by atoms with E-state index < -0.39 is 0 Å². The van der Waals surface area contributed by atoms with Crippen LogP contribution >= 0.6 is 0 Å². The van der Waals surface area contributed by atoms with Crippen molar-refractivity contribution < 1.29 is 4.79 Å². The third-order valence-corrected chi connectivity index (χ3v) is 1.51. The van der Waals surface area contributed by atoms with E-state index in [2.05, 4.69) is 27.5 Å². The standard InChI is InChI=1S/C10H20N4O/c1-4-7-13-10(12-6-3)14-8-9(15)11-5-2/h4H,1,5-8H2,2-3H3,(H,11,15)(H2,12,13,14). The van der Waals surface area contributed by atoms with Gasteiger partial charge >= 0.3 is 0 Å². The average molecular weight is 212 g/mol. The normalized spacial score (nSPS) is 10.7. The van der Waals surface area contributed by atoms with Gasteiger partial charge in [0.05, 0.1) is 0 Å². The summed E-state index contributed by atoms with van der Waals surface area (Å²) in [6, 6.07) is 0. The van der Waals surface area contributed by atoms with E-state index in [-0.39, 0.29) is 12.5 Å². The summed E-state index contributed by atoms with van der Waals surface area (Å²) in [7, 11) is 0. The fourth-order valence-corrected chi connectivity index (χ4v) is 0.915. The van der Waals surface area contributed by atoms with Gasteiger partial charge in [0.1, 0.15) is 6.54 Å². The Morgan fingerprint density at radius 2 is 1.93 bits per heavy atom. The molecule has 0 heterocycles. The lowest BCUT2D eigenvalue weighted by molar-refractivity contribution is -0.119. The van der Waals surface area contributed by atoms with E-state index in [9.17, 15) is 4.79 Å². The van der Waals surface area contributed by atoms with E-state index in [0.717, 1.165) is 6.54 Å². The maximum Gasteiger partial charge on any atom is 0.241 e. The number of nitrogens with one attached hydrogen (secondary N) is 3. The summed E-state index contributed by atoms with van der Waals surface area (Å²) in [5.41, 5.74) is 0. The monoisotopic (exact) mass is 212 g/mol. The molecule has 0 spiro atoms. The molecule has 5 nitrogen and oxygen atoms in total. The molecule has 3 N–H and O–H groups in total. The van der Waals surface area contributed by atoms with Crippen LogP contribution in [0.3, 0.4) is 0 Å². The minimum Gasteiger partial charge on any atom is -0.357 e. The van der Waals surface area contributed by atoms with Gasteiger partial charge in [-0.1, -0.05) is 6.08 Å². The molecule has 0 atom stereocenters. The van der Waals surface area contributed by atoms with Gasteiger partial charge in [0, 0.05) is 19.6 Å². The zero-order valence-electron chi connectivity index (χ0n) is 9.47. The SMILES string of the molecule is C=CCNC(=NCC(=O)NCC)NCC. The van der Waals surface area contributed by atoms with Crippen molar-refractivity contribution in [2.24, 2.45) is 4.99 Å². The molecule has 0 aromatic rings. The fourth-order valence-electron chi connectivity index (χ4n) is 0.915. The van der Waals surface area contributed by atoms with Crippen molar-refractivity contribution in [3.8, 4) is 0 Å². The zero-order chi connectivity index (χ0) is 11.5. The predicted molar refractivity (Wildman–Crippen MR) is 62.9 cm³/mol. The Morgan fingerprint density at radius 1 is 1.27 bits per heavy atom. The molecular formula is C10H20N4O. The van der Waals surface area contributed by atoms with Crippen molar-refractivity contribution >= 4 is 11.9 Å². The van der Waals surface area contributed by atoms with Gasteiger partial charge in [-0.2, -0.15) is 0 Å². The molecular weight excluding hydrogens is 192 g/mol. The molecule has 0 saturated carbocycles. The first-order valence-electron chi connectivity index (χ1n) is 5.14. The molecule has 15 heavy (non-hydrogen) atoms. The number of rotatable bonds is 6. The van der Waals surface area contributed by atoms with Crippen molar-refractivity contribution in [1.29, 1.82) is 0 Å². The summed E-state index contributed by atoms with van der Waals surface area (Å²) in [4.78, 5) is 15.2. The Labute approximate surface area is 91.0 Å². The second-order valence-corrected chi connectivity index (χ2v) is 2.82. The van der Waals surface area contributed by atoms with Crippen LogP contribution in [0.25, 0.3) is 0 Å². The smallest absolute Gasteiger partial charge is 0.241 e. The van der Waals surface area contributed by atoms with Crippen molar-refractivity contribution in [1.82, 2.24) is 16.0 Å². The van der Waals surface area contributed by atoms with E-state index in [0.29, 0.717) is 19.0 Å². The van der Waals surface area contributed by atoms with Crippen molar-refractivity contribution in [3.05, 3.63) is 12.7 Å². The molecule has 0 aliphatic carbocycles. The maximum atomic E-state index is 11.1. The number of carbonyl (C=O) groups excluding carboxylic acids is 1. The summed E-state index contributed by atoms with van der Waals surface area (Å²) < 4.78 is 0. The number of carbonyl (C=O) groups is 1. The molecule has 0 aromatic heterocycles. The van der Waals surface area contributed by atoms with E-state index >= 15 is 0 Å². The van der Waals surface area contributed by atoms with Gasteiger partial charge in [0.15, 0.2) is 5.96 Å². The second-order valence-electron chi connectivity index (χ2n) is 2.82. The van der Waals surface area contributed by atoms with Gasteiger partial charge in [0.25, 0.3) is 0 Å². The lowest BCUT2D eigenvalue weighted by Crippen LogP contribution is -2.38. The molecule has 0 aromatic carbocycles. The van der Waals surface area contributed by atoms with Crippen LogP contribution in [0.15, 0.2) is 17.6 Å². The van der Waals surface area contributed by atoms with Gasteiger partial charge in [-0.05, 0) is 13.8 Å². The minimum absolute atomic E-state index is 0.0756. The third-order valence-electron chi connectivity index (χ3n) is 1.51. The molecule has 0 saturated heterocycles. The first kappa shape index (κ1) is 13.5. The lowest BCUT2D eigenvalue weighted by Gasteiger charge is -2.08. The molecule has 0 aliphatic rings. The Kier molecular flexibility index (Phi) is 8.13. The molecule has 5 heteroatoms. The maximum absolute atomic E-state index is 11.1. The third kappa shape index (κ3) is 7.54. The van der Waals surface area contributed by atoms with Crippen molar-refractivity contribution in [2.75, 3.05) is 26.2 Å². The number of hydrogen-bond acceptors (Lipinski definition) is 2. The molecule has 0 unspecified atom stereocenters. The van der Waals surface area contributed by atoms with Gasteiger partial charge in [0.2, 0.25) is 5.91 Å². The predicted octanol–water partition coefficient (Wildman–Crippen LogP) is -0.136. The largest absolute Gasteiger partial charge is 0.357 e. The highest BCUT2D eigenvalue weighted by Gasteiger charge is 1.99. The van der Waals surface area contributed by atoms with Crippen LogP contribution < -0.4 is 16.0 Å². The zero-order valence-corrected chi connectivity index (χ0v) is 9.47. The number of amides is 1. The molecule has 0 rings (SSSR count). The van der Waals surface area contributed by atoms with Gasteiger partial charge in [-0.25, -0.2) is 4.99 Å². The van der Waals surface area contributed by atoms with E-state index in [1.54, 1.807) is 6.08 Å². The van der Waals surface area contributed by atoms with Crippen LogP contribution in [0.1, 0.15) is 13.8 Å². The number of hydrogen-bond donors (Lipinski definition) is 3. The highest BCUT2D eigenvalue weighted by Crippen LogP contribution is 1.75. The van der Waals surface area contributed by atoms with Gasteiger partial charge in [-0.15, -0.1) is 6.58 Å². The van der Waals surface area contributed by atoms with Crippen molar-refractivity contribution in [2.45, 2.75) is 13.8 Å². The highest BCUT2D eigenvalue weighted by molar-refractivity contribution is 5.84. The van der Waals surface area contributed by atoms with Crippen LogP contribution in [0.4, 0.5) is 0 Å². The topological polar surface area (TPSA) is 65.5 Å². The minimum atomic E-state index is -0.0756. The Morgan fingerprint density at radius 3 is 2.47 bits per heavy atom. The lowest BCUT2D eigenvalue weighted by atomic mass is 10.5. The summed E-state index contributed by atoms with van der Waals surface area (Å²) in [5, 5.41) is 8.71. The molecule has 0 bridgehead atoms. The van der Waals surface area contributed by atoms with E-state index in [4.69, 9.17) is 0 Å². The Hall–Kier alpha value is -1.52. The number of nitrogens with zero attached hydrogens (tertiary/aromatic N) is 1. The van der Waals surface area contributed by atoms with Crippen LogP contribution in [-0.2, 0) is 4.79 Å². The summed E-state index contributed by atoms with van der Waals surface area (Å²) in [6.07, 6.45) is 1.74. The molecule has 0 fully saturated rings.